The number of carbonyl (C=O) groups excluding carboxylic acids is 5. The molecule has 0 radical (unpaired) electrons. The Morgan fingerprint density at radius 2 is 1.58 bits per heavy atom. The van der Waals surface area contributed by atoms with Gasteiger partial charge in [-0.15, -0.1) is 6.58 Å². The molecule has 0 aromatic carbocycles. The van der Waals surface area contributed by atoms with Crippen LogP contribution in [0.3, 0.4) is 0 Å². The number of fused-ring (bicyclic) bond motifs is 1. The summed E-state index contributed by atoms with van der Waals surface area (Å²) in [5.74, 6) is -2.22. The van der Waals surface area contributed by atoms with E-state index in [0.717, 1.165) is 32.1 Å². The highest BCUT2D eigenvalue weighted by Gasteiger charge is 2.70. The predicted octanol–water partition coefficient (Wildman–Crippen LogP) is 3.65. The summed E-state index contributed by atoms with van der Waals surface area (Å²) in [6.45, 7) is 18.6. The van der Waals surface area contributed by atoms with Crippen LogP contribution in [0.5, 0.6) is 0 Å². The molecule has 1 saturated heterocycles. The number of hydrogen-bond donors (Lipinski definition) is 4. The number of nitrogens with zero attached hydrogens (tertiary/aromatic N) is 1. The monoisotopic (exact) mass is 719 g/mol. The molecule has 1 heterocycles. The summed E-state index contributed by atoms with van der Waals surface area (Å²) >= 11 is 0. The second kappa shape index (κ2) is 14.6. The number of ketones is 1. The maximum atomic E-state index is 14.5. The summed E-state index contributed by atoms with van der Waals surface area (Å²) in [5.41, 5.74) is -1.93. The van der Waals surface area contributed by atoms with Crippen molar-refractivity contribution >= 4 is 39.4 Å². The molecule has 4 aliphatic rings. The first-order valence-electron chi connectivity index (χ1n) is 18.4. The number of rotatable bonds is 14. The van der Waals surface area contributed by atoms with Gasteiger partial charge in [-0.2, -0.15) is 0 Å². The zero-order valence-electron chi connectivity index (χ0n) is 31.4. The number of likely N-dealkylation sites (tertiary alicyclic amines) is 1. The molecule has 0 bridgehead atoms. The maximum absolute atomic E-state index is 14.5. The zero-order chi connectivity index (χ0) is 37.4. The number of Topliss-reactive ketones (excluding diaryl/α,β-unsaturated/α-hetero) is 1. The largest absolute Gasteiger partial charge is 0.346 e. The van der Waals surface area contributed by atoms with Crippen LogP contribution in [-0.2, 0) is 29.0 Å². The first-order chi connectivity index (χ1) is 23.0. The average molecular weight is 720 g/mol. The van der Waals surface area contributed by atoms with Crippen molar-refractivity contribution < 1.29 is 32.4 Å². The second-order valence-corrected chi connectivity index (χ2v) is 20.7. The Hall–Kier alpha value is -2.96. The summed E-state index contributed by atoms with van der Waals surface area (Å²) in [4.78, 5) is 69.8. The summed E-state index contributed by atoms with van der Waals surface area (Å²) in [6.07, 6.45) is 8.18. The molecule has 0 aromatic rings. The van der Waals surface area contributed by atoms with E-state index in [0.29, 0.717) is 38.1 Å². The Balaban J connectivity index is 1.55. The molecule has 3 saturated carbocycles. The highest BCUT2D eigenvalue weighted by atomic mass is 32.2. The molecular weight excluding hydrogens is 659 g/mol. The van der Waals surface area contributed by atoms with Crippen LogP contribution in [0.15, 0.2) is 12.7 Å². The molecule has 5 atom stereocenters. The molecule has 5 amide bonds. The molecule has 282 valence electrons. The molecule has 1 aliphatic heterocycles. The number of nitrogens with one attached hydrogen (secondary N) is 4. The van der Waals surface area contributed by atoms with Gasteiger partial charge in [-0.1, -0.05) is 72.8 Å². The van der Waals surface area contributed by atoms with Crippen LogP contribution in [0.25, 0.3) is 0 Å². The third-order valence-electron chi connectivity index (χ3n) is 11.6. The SMILES string of the molecule is C=CCNC(=O)C(=O)C(CCC1CC1)NC(=O)[C@@H]1C2C(CN1C(=O)[C@@H](NC(=O)NC1(CS(=O)(=O)C(C)(C)C)CCCCC1)C(C)(C)C)C2(C)C. The molecule has 3 unspecified atom stereocenters. The predicted molar refractivity (Wildman–Crippen MR) is 193 cm³/mol. The molecule has 0 aromatic heterocycles. The Kier molecular flexibility index (Phi) is 11.6. The molecule has 50 heavy (non-hydrogen) atoms. The van der Waals surface area contributed by atoms with Gasteiger partial charge in [-0.3, -0.25) is 19.2 Å². The van der Waals surface area contributed by atoms with Gasteiger partial charge in [0.1, 0.15) is 12.1 Å². The van der Waals surface area contributed by atoms with Crippen LogP contribution >= 0.6 is 0 Å². The lowest BCUT2D eigenvalue weighted by Gasteiger charge is -2.41. The Labute approximate surface area is 299 Å². The summed E-state index contributed by atoms with van der Waals surface area (Å²) in [7, 11) is -3.56. The first kappa shape index (κ1) is 39.8. The molecule has 3 aliphatic carbocycles. The smallest absolute Gasteiger partial charge is 0.315 e. The van der Waals surface area contributed by atoms with Crippen molar-refractivity contribution in [1.82, 2.24) is 26.2 Å². The van der Waals surface area contributed by atoms with Crippen molar-refractivity contribution in [2.45, 2.75) is 142 Å². The van der Waals surface area contributed by atoms with Gasteiger partial charge >= 0.3 is 6.03 Å². The van der Waals surface area contributed by atoms with E-state index < -0.39 is 73.2 Å². The van der Waals surface area contributed by atoms with Crippen LogP contribution in [0.1, 0.15) is 113 Å². The number of amides is 5. The Bertz CT molecular complexity index is 1450. The van der Waals surface area contributed by atoms with E-state index in [2.05, 4.69) is 41.7 Å². The van der Waals surface area contributed by atoms with Gasteiger partial charge in [0.05, 0.1) is 22.1 Å². The van der Waals surface area contributed by atoms with Gasteiger partial charge in [0.15, 0.2) is 9.84 Å². The fraction of sp³-hybridized carbons (Fsp3) is 0.811. The van der Waals surface area contributed by atoms with Crippen LogP contribution in [0.2, 0.25) is 0 Å². The van der Waals surface area contributed by atoms with Crippen LogP contribution in [0.4, 0.5) is 4.79 Å². The highest BCUT2D eigenvalue weighted by Crippen LogP contribution is 2.65. The molecule has 12 nitrogen and oxygen atoms in total. The van der Waals surface area contributed by atoms with E-state index in [9.17, 15) is 32.4 Å². The minimum atomic E-state index is -3.56. The van der Waals surface area contributed by atoms with Crippen molar-refractivity contribution in [3.63, 3.8) is 0 Å². The third-order valence-corrected chi connectivity index (χ3v) is 14.4. The lowest BCUT2D eigenvalue weighted by atomic mass is 9.83. The molecular formula is C37H61N5O7S. The normalized spacial score (nSPS) is 25.4. The van der Waals surface area contributed by atoms with E-state index >= 15 is 0 Å². The van der Waals surface area contributed by atoms with E-state index in [1.807, 2.05) is 20.8 Å². The van der Waals surface area contributed by atoms with E-state index in [-0.39, 0.29) is 29.5 Å². The second-order valence-electron chi connectivity index (χ2n) is 17.9. The fourth-order valence-corrected chi connectivity index (χ4v) is 9.42. The summed E-state index contributed by atoms with van der Waals surface area (Å²) in [5, 5.41) is 11.3. The first-order valence-corrected chi connectivity index (χ1v) is 20.0. The van der Waals surface area contributed by atoms with Crippen molar-refractivity contribution in [3.05, 3.63) is 12.7 Å². The van der Waals surface area contributed by atoms with Crippen molar-refractivity contribution in [2.24, 2.45) is 28.6 Å². The molecule has 4 fully saturated rings. The molecule has 4 N–H and O–H groups in total. The van der Waals surface area contributed by atoms with Gasteiger partial charge < -0.3 is 26.2 Å². The average Bonchev–Trinajstić information content (AvgIpc) is 3.87. The van der Waals surface area contributed by atoms with Gasteiger partial charge in [0, 0.05) is 13.1 Å². The highest BCUT2D eigenvalue weighted by molar-refractivity contribution is 7.92. The van der Waals surface area contributed by atoms with Crippen LogP contribution in [0, 0.1) is 28.6 Å². The lowest BCUT2D eigenvalue weighted by molar-refractivity contribution is -0.145. The van der Waals surface area contributed by atoms with E-state index in [1.54, 1.807) is 20.8 Å². The third kappa shape index (κ3) is 8.91. The van der Waals surface area contributed by atoms with Crippen LogP contribution in [-0.4, -0.2) is 90.1 Å². The molecule has 0 spiro atoms. The minimum Gasteiger partial charge on any atom is -0.346 e. The van der Waals surface area contributed by atoms with Crippen molar-refractivity contribution in [1.29, 1.82) is 0 Å². The number of urea groups is 1. The fourth-order valence-electron chi connectivity index (χ4n) is 7.90. The maximum Gasteiger partial charge on any atom is 0.315 e. The lowest BCUT2D eigenvalue weighted by Crippen LogP contribution is -2.64. The number of sulfone groups is 1. The summed E-state index contributed by atoms with van der Waals surface area (Å²) in [6, 6.07) is -3.56. The van der Waals surface area contributed by atoms with Gasteiger partial charge in [-0.05, 0) is 75.0 Å². The van der Waals surface area contributed by atoms with Crippen molar-refractivity contribution in [3.8, 4) is 0 Å². The number of piperidine rings is 1. The summed E-state index contributed by atoms with van der Waals surface area (Å²) < 4.78 is 25.7. The van der Waals surface area contributed by atoms with E-state index in [1.165, 1.54) is 11.0 Å². The van der Waals surface area contributed by atoms with Crippen molar-refractivity contribution in [2.75, 3.05) is 18.8 Å². The van der Waals surface area contributed by atoms with Crippen LogP contribution < -0.4 is 21.3 Å². The molecule has 13 heteroatoms. The van der Waals surface area contributed by atoms with Gasteiger partial charge in [0.25, 0.3) is 5.91 Å². The number of hydrogen-bond acceptors (Lipinski definition) is 7. The van der Waals surface area contributed by atoms with Gasteiger partial charge in [0.2, 0.25) is 17.6 Å². The quantitative estimate of drug-likeness (QED) is 0.157. The Morgan fingerprint density at radius 1 is 0.960 bits per heavy atom. The standard InChI is InChI=1S/C37H61N5O7S/c1-10-20-38-31(45)28(43)25(17-16-23-14-15-23)39-30(44)27-26-24(36(26,8)9)21-42(27)32(46)29(34(2,3)4)40-33(47)41-37(18-12-11-13-19-37)22-50(48,49)35(5,6)7/h10,23-27,29H,1,11-22H2,2-9H3,(H,38,45)(H,39,44)(H2,40,41,47)/t24?,25?,26?,27-,29+/m0/s1. The Morgan fingerprint density at radius 3 is 2.12 bits per heavy atom. The molecule has 4 rings (SSSR count). The van der Waals surface area contributed by atoms with Gasteiger partial charge in [-0.25, -0.2) is 13.2 Å². The minimum absolute atomic E-state index is 0.0567. The topological polar surface area (TPSA) is 171 Å². The van der Waals surface area contributed by atoms with E-state index in [4.69, 9.17) is 0 Å². The zero-order valence-corrected chi connectivity index (χ0v) is 32.3. The number of carbonyl (C=O) groups is 5.